The van der Waals surface area contributed by atoms with Gasteiger partial charge in [0.25, 0.3) is 11.8 Å². The fraction of sp³-hybridized carbons (Fsp3) is 0.250. The molecule has 0 fully saturated rings. The SMILES string of the molecule is O=C(CN1C(=O)c2ccccc2C1=O)N[C@@H]1CCCc2ccccc21. The largest absolute Gasteiger partial charge is 0.348 e. The molecule has 5 nitrogen and oxygen atoms in total. The second-order valence-electron chi connectivity index (χ2n) is 6.45. The van der Waals surface area contributed by atoms with E-state index in [1.807, 2.05) is 18.2 Å². The van der Waals surface area contributed by atoms with Gasteiger partial charge in [-0.25, -0.2) is 0 Å². The van der Waals surface area contributed by atoms with E-state index >= 15 is 0 Å². The van der Waals surface area contributed by atoms with Gasteiger partial charge in [0.15, 0.2) is 0 Å². The molecule has 25 heavy (non-hydrogen) atoms. The number of rotatable bonds is 3. The molecule has 0 unspecified atom stereocenters. The lowest BCUT2D eigenvalue weighted by molar-refractivity contribution is -0.122. The second kappa shape index (κ2) is 6.16. The number of amides is 3. The van der Waals surface area contributed by atoms with Crippen molar-refractivity contribution in [2.24, 2.45) is 0 Å². The second-order valence-corrected chi connectivity index (χ2v) is 6.45. The van der Waals surface area contributed by atoms with Gasteiger partial charge in [-0.1, -0.05) is 36.4 Å². The zero-order valence-electron chi connectivity index (χ0n) is 13.7. The number of imide groups is 1. The maximum Gasteiger partial charge on any atom is 0.262 e. The molecule has 0 saturated heterocycles. The van der Waals surface area contributed by atoms with Crippen LogP contribution in [0.1, 0.15) is 50.7 Å². The highest BCUT2D eigenvalue weighted by Crippen LogP contribution is 2.29. The number of hydrogen-bond acceptors (Lipinski definition) is 3. The predicted octanol–water partition coefficient (Wildman–Crippen LogP) is 2.48. The van der Waals surface area contributed by atoms with Gasteiger partial charge in [0, 0.05) is 0 Å². The summed E-state index contributed by atoms with van der Waals surface area (Å²) in [7, 11) is 0. The van der Waals surface area contributed by atoms with Crippen LogP contribution in [0.25, 0.3) is 0 Å². The first-order chi connectivity index (χ1) is 12.1. The minimum absolute atomic E-state index is 0.0624. The van der Waals surface area contributed by atoms with Gasteiger partial charge >= 0.3 is 0 Å². The molecule has 0 aromatic heterocycles. The highest BCUT2D eigenvalue weighted by atomic mass is 16.2. The topological polar surface area (TPSA) is 66.5 Å². The third-order valence-corrected chi connectivity index (χ3v) is 4.88. The number of nitrogens with zero attached hydrogens (tertiary/aromatic N) is 1. The Labute approximate surface area is 145 Å². The van der Waals surface area contributed by atoms with E-state index in [9.17, 15) is 14.4 Å². The van der Waals surface area contributed by atoms with Crippen LogP contribution < -0.4 is 5.32 Å². The van der Waals surface area contributed by atoms with Gasteiger partial charge in [-0.15, -0.1) is 0 Å². The summed E-state index contributed by atoms with van der Waals surface area (Å²) < 4.78 is 0. The Morgan fingerprint density at radius 2 is 1.64 bits per heavy atom. The highest BCUT2D eigenvalue weighted by molar-refractivity contribution is 6.22. The monoisotopic (exact) mass is 334 g/mol. The number of carbonyl (C=O) groups is 3. The van der Waals surface area contributed by atoms with Crippen molar-refractivity contribution in [3.8, 4) is 0 Å². The van der Waals surface area contributed by atoms with Crippen molar-refractivity contribution in [1.82, 2.24) is 10.2 Å². The minimum Gasteiger partial charge on any atom is -0.348 e. The Balaban J connectivity index is 1.48. The van der Waals surface area contributed by atoms with E-state index in [0.29, 0.717) is 11.1 Å². The van der Waals surface area contributed by atoms with Crippen molar-refractivity contribution < 1.29 is 14.4 Å². The fourth-order valence-corrected chi connectivity index (χ4v) is 3.67. The van der Waals surface area contributed by atoms with E-state index in [1.165, 1.54) is 5.56 Å². The summed E-state index contributed by atoms with van der Waals surface area (Å²) in [5, 5.41) is 2.98. The number of fused-ring (bicyclic) bond motifs is 2. The molecule has 2 aromatic rings. The molecule has 0 bridgehead atoms. The van der Waals surface area contributed by atoms with Crippen LogP contribution in [0.5, 0.6) is 0 Å². The van der Waals surface area contributed by atoms with Crippen molar-refractivity contribution in [3.05, 3.63) is 70.8 Å². The number of hydrogen-bond donors (Lipinski definition) is 1. The summed E-state index contributed by atoms with van der Waals surface area (Å²) in [6.45, 7) is -0.245. The van der Waals surface area contributed by atoms with Gasteiger partial charge < -0.3 is 5.32 Å². The zero-order valence-corrected chi connectivity index (χ0v) is 13.7. The quantitative estimate of drug-likeness (QED) is 0.877. The van der Waals surface area contributed by atoms with Crippen molar-refractivity contribution in [2.75, 3.05) is 6.54 Å². The maximum atomic E-state index is 12.5. The van der Waals surface area contributed by atoms with Gasteiger partial charge in [0.1, 0.15) is 6.54 Å². The number of benzene rings is 2. The molecule has 0 radical (unpaired) electrons. The molecule has 126 valence electrons. The average molecular weight is 334 g/mol. The summed E-state index contributed by atoms with van der Waals surface area (Å²) in [6.07, 6.45) is 2.89. The number of nitrogens with one attached hydrogen (secondary N) is 1. The van der Waals surface area contributed by atoms with E-state index in [0.717, 1.165) is 29.7 Å². The van der Waals surface area contributed by atoms with Crippen LogP contribution in [0.3, 0.4) is 0 Å². The lowest BCUT2D eigenvalue weighted by Crippen LogP contribution is -2.42. The molecule has 2 aliphatic rings. The number of aryl methyl sites for hydroxylation is 1. The van der Waals surface area contributed by atoms with Crippen LogP contribution in [0.15, 0.2) is 48.5 Å². The number of carbonyl (C=O) groups excluding carboxylic acids is 3. The molecule has 2 aromatic carbocycles. The molecule has 1 aliphatic heterocycles. The molecule has 1 aliphatic carbocycles. The van der Waals surface area contributed by atoms with Crippen molar-refractivity contribution in [3.63, 3.8) is 0 Å². The molecule has 0 saturated carbocycles. The molecule has 1 N–H and O–H groups in total. The van der Waals surface area contributed by atoms with E-state index in [-0.39, 0.29) is 18.5 Å². The van der Waals surface area contributed by atoms with Crippen LogP contribution >= 0.6 is 0 Å². The molecule has 4 rings (SSSR count). The molecular formula is C20H18N2O3. The third kappa shape index (κ3) is 2.71. The van der Waals surface area contributed by atoms with Crippen LogP contribution in [0.2, 0.25) is 0 Å². The fourth-order valence-electron chi connectivity index (χ4n) is 3.67. The smallest absolute Gasteiger partial charge is 0.262 e. The zero-order chi connectivity index (χ0) is 17.4. The van der Waals surface area contributed by atoms with Gasteiger partial charge in [-0.05, 0) is 42.5 Å². The lowest BCUT2D eigenvalue weighted by Gasteiger charge is -2.27. The van der Waals surface area contributed by atoms with Crippen LogP contribution in [0, 0.1) is 0 Å². The van der Waals surface area contributed by atoms with E-state index < -0.39 is 11.8 Å². The molecule has 3 amide bonds. The van der Waals surface area contributed by atoms with Crippen molar-refractivity contribution >= 4 is 17.7 Å². The Bertz CT molecular complexity index is 840. The molecular weight excluding hydrogens is 316 g/mol. The van der Waals surface area contributed by atoms with Crippen molar-refractivity contribution in [2.45, 2.75) is 25.3 Å². The molecule has 0 spiro atoms. The normalized spacial score (nSPS) is 18.7. The van der Waals surface area contributed by atoms with Gasteiger partial charge in [0.2, 0.25) is 5.91 Å². The minimum atomic E-state index is -0.403. The van der Waals surface area contributed by atoms with E-state index in [1.54, 1.807) is 24.3 Å². The summed E-state index contributed by atoms with van der Waals surface area (Å²) in [4.78, 5) is 38.2. The third-order valence-electron chi connectivity index (χ3n) is 4.88. The molecule has 5 heteroatoms. The van der Waals surface area contributed by atoms with Crippen LogP contribution in [-0.4, -0.2) is 29.2 Å². The summed E-state index contributed by atoms with van der Waals surface area (Å²) in [5.41, 5.74) is 3.11. The Kier molecular flexibility index (Phi) is 3.84. The predicted molar refractivity (Wildman–Crippen MR) is 92.1 cm³/mol. The van der Waals surface area contributed by atoms with Crippen molar-refractivity contribution in [1.29, 1.82) is 0 Å². The Morgan fingerprint density at radius 1 is 1.00 bits per heavy atom. The first-order valence-electron chi connectivity index (χ1n) is 8.47. The Morgan fingerprint density at radius 3 is 2.36 bits per heavy atom. The Hall–Kier alpha value is -2.95. The maximum absolute atomic E-state index is 12.5. The molecule has 1 atom stereocenters. The van der Waals surface area contributed by atoms with Crippen LogP contribution in [0.4, 0.5) is 0 Å². The first kappa shape index (κ1) is 15.6. The summed E-state index contributed by atoms with van der Waals surface area (Å²) >= 11 is 0. The van der Waals surface area contributed by atoms with Gasteiger partial charge in [-0.2, -0.15) is 0 Å². The van der Waals surface area contributed by atoms with E-state index in [2.05, 4.69) is 11.4 Å². The van der Waals surface area contributed by atoms with Gasteiger partial charge in [0.05, 0.1) is 17.2 Å². The summed E-state index contributed by atoms with van der Waals surface area (Å²) in [6, 6.07) is 14.7. The highest BCUT2D eigenvalue weighted by Gasteiger charge is 2.36. The summed E-state index contributed by atoms with van der Waals surface area (Å²) in [5.74, 6) is -1.12. The standard InChI is InChI=1S/C20H18N2O3/c23-18(21-17-11-5-7-13-6-1-2-8-14(13)17)12-22-19(24)15-9-3-4-10-16(15)20(22)25/h1-4,6,8-10,17H,5,7,11-12H2,(H,21,23)/t17-/m1/s1. The average Bonchev–Trinajstić information content (AvgIpc) is 2.87. The first-order valence-corrected chi connectivity index (χ1v) is 8.47. The van der Waals surface area contributed by atoms with E-state index in [4.69, 9.17) is 0 Å². The molecule has 1 heterocycles. The van der Waals surface area contributed by atoms with Crippen LogP contribution in [-0.2, 0) is 11.2 Å². The van der Waals surface area contributed by atoms with Gasteiger partial charge in [-0.3, -0.25) is 19.3 Å². The lowest BCUT2D eigenvalue weighted by atomic mass is 9.88.